The lowest BCUT2D eigenvalue weighted by Crippen LogP contribution is -2.47. The van der Waals surface area contributed by atoms with Crippen molar-refractivity contribution in [2.45, 2.75) is 51.2 Å². The summed E-state index contributed by atoms with van der Waals surface area (Å²) in [5, 5.41) is 1.20. The van der Waals surface area contributed by atoms with Gasteiger partial charge in [0.1, 0.15) is 5.01 Å². The second-order valence-corrected chi connectivity index (χ2v) is 7.79. The second-order valence-electron chi connectivity index (χ2n) is 6.68. The van der Waals surface area contributed by atoms with E-state index in [4.69, 9.17) is 4.98 Å². The Balaban J connectivity index is 1.52. The minimum atomic E-state index is 0.235. The number of thiazole rings is 1. The van der Waals surface area contributed by atoms with E-state index in [1.165, 1.54) is 22.5 Å². The molecule has 1 aromatic heterocycles. The fourth-order valence-corrected chi connectivity index (χ4v) is 5.22. The first-order valence-electron chi connectivity index (χ1n) is 8.58. The minimum Gasteiger partial charge on any atom is -0.338 e. The van der Waals surface area contributed by atoms with Gasteiger partial charge >= 0.3 is 0 Å². The first-order valence-corrected chi connectivity index (χ1v) is 9.40. The number of carbonyl (C=O) groups excluding carboxylic acids is 1. The number of benzene rings is 1. The second kappa shape index (κ2) is 6.21. The summed E-state index contributed by atoms with van der Waals surface area (Å²) in [5.74, 6) is 0.235. The van der Waals surface area contributed by atoms with Gasteiger partial charge in [-0.05, 0) is 44.4 Å². The van der Waals surface area contributed by atoms with Crippen LogP contribution in [0.2, 0.25) is 0 Å². The van der Waals surface area contributed by atoms with Gasteiger partial charge in [0, 0.05) is 25.6 Å². The molecule has 4 rings (SSSR count). The first-order chi connectivity index (χ1) is 11.2. The Hall–Kier alpha value is -1.46. The number of hydrogen-bond acceptors (Lipinski definition) is 4. The standard InChI is InChI=1S/C18H23N3OS/c1-13(22)21-11-5-8-16(21)15-7-4-10-20(15)12-18-19-14-6-2-3-9-17(14)23-18/h2-3,6,9,15-16H,4-5,7-8,10-12H2,1H3/t15-,16+/m0/s1. The zero-order valence-corrected chi connectivity index (χ0v) is 14.4. The Bertz CT molecular complexity index is 680. The van der Waals surface area contributed by atoms with Crippen LogP contribution in [0.3, 0.4) is 0 Å². The molecule has 0 bridgehead atoms. The van der Waals surface area contributed by atoms with Gasteiger partial charge in [-0.3, -0.25) is 9.69 Å². The van der Waals surface area contributed by atoms with Crippen molar-refractivity contribution in [2.24, 2.45) is 0 Å². The van der Waals surface area contributed by atoms with Crippen molar-refractivity contribution < 1.29 is 4.79 Å². The lowest BCUT2D eigenvalue weighted by atomic mass is 10.0. The third-order valence-corrected chi connectivity index (χ3v) is 6.26. The number of nitrogens with zero attached hydrogens (tertiary/aromatic N) is 3. The van der Waals surface area contributed by atoms with Crippen molar-refractivity contribution in [1.29, 1.82) is 0 Å². The molecule has 0 unspecified atom stereocenters. The largest absolute Gasteiger partial charge is 0.338 e. The molecule has 0 N–H and O–H groups in total. The van der Waals surface area contributed by atoms with Crippen LogP contribution in [0.4, 0.5) is 0 Å². The molecule has 1 amide bonds. The number of fused-ring (bicyclic) bond motifs is 1. The van der Waals surface area contributed by atoms with E-state index in [2.05, 4.69) is 28.0 Å². The van der Waals surface area contributed by atoms with Crippen LogP contribution in [0.25, 0.3) is 10.2 Å². The zero-order chi connectivity index (χ0) is 15.8. The van der Waals surface area contributed by atoms with Crippen molar-refractivity contribution in [2.75, 3.05) is 13.1 Å². The van der Waals surface area contributed by atoms with E-state index in [1.807, 2.05) is 6.07 Å². The van der Waals surface area contributed by atoms with Crippen molar-refractivity contribution in [3.63, 3.8) is 0 Å². The Labute approximate surface area is 141 Å². The highest BCUT2D eigenvalue weighted by Crippen LogP contribution is 2.32. The molecule has 1 aromatic carbocycles. The number of rotatable bonds is 3. The van der Waals surface area contributed by atoms with E-state index in [0.29, 0.717) is 12.1 Å². The monoisotopic (exact) mass is 329 g/mol. The summed E-state index contributed by atoms with van der Waals surface area (Å²) < 4.78 is 1.27. The number of para-hydroxylation sites is 1. The smallest absolute Gasteiger partial charge is 0.219 e. The van der Waals surface area contributed by atoms with Crippen molar-refractivity contribution >= 4 is 27.5 Å². The lowest BCUT2D eigenvalue weighted by molar-refractivity contribution is -0.130. The van der Waals surface area contributed by atoms with Crippen molar-refractivity contribution in [3.05, 3.63) is 29.3 Å². The molecule has 3 heterocycles. The fourth-order valence-electron chi connectivity index (χ4n) is 4.23. The summed E-state index contributed by atoms with van der Waals surface area (Å²) in [6.07, 6.45) is 4.74. The van der Waals surface area contributed by atoms with Gasteiger partial charge in [0.15, 0.2) is 0 Å². The van der Waals surface area contributed by atoms with E-state index in [9.17, 15) is 4.79 Å². The molecular formula is C18H23N3OS. The molecule has 122 valence electrons. The van der Waals surface area contributed by atoms with Gasteiger partial charge in [-0.2, -0.15) is 0 Å². The quantitative estimate of drug-likeness (QED) is 0.867. The molecule has 2 saturated heterocycles. The van der Waals surface area contributed by atoms with Crippen LogP contribution >= 0.6 is 11.3 Å². The Morgan fingerprint density at radius 2 is 2.00 bits per heavy atom. The molecule has 2 fully saturated rings. The third-order valence-electron chi connectivity index (χ3n) is 5.24. The van der Waals surface area contributed by atoms with E-state index in [-0.39, 0.29) is 5.91 Å². The summed E-state index contributed by atoms with van der Waals surface area (Å²) in [7, 11) is 0. The Morgan fingerprint density at radius 1 is 1.22 bits per heavy atom. The van der Waals surface area contributed by atoms with Crippen LogP contribution in [-0.4, -0.2) is 45.9 Å². The number of amides is 1. The summed E-state index contributed by atoms with van der Waals surface area (Å²) in [6, 6.07) is 9.27. The highest BCUT2D eigenvalue weighted by atomic mass is 32.1. The topological polar surface area (TPSA) is 36.4 Å². The van der Waals surface area contributed by atoms with Gasteiger partial charge in [-0.25, -0.2) is 4.98 Å². The number of hydrogen-bond donors (Lipinski definition) is 0. The summed E-state index contributed by atoms with van der Waals surface area (Å²) in [6.45, 7) is 4.70. The normalized spacial score (nSPS) is 25.5. The van der Waals surface area contributed by atoms with Crippen LogP contribution in [-0.2, 0) is 11.3 Å². The molecule has 4 nitrogen and oxygen atoms in total. The highest BCUT2D eigenvalue weighted by molar-refractivity contribution is 7.18. The van der Waals surface area contributed by atoms with Gasteiger partial charge < -0.3 is 4.90 Å². The third kappa shape index (κ3) is 2.88. The predicted molar refractivity (Wildman–Crippen MR) is 93.5 cm³/mol. The molecule has 2 aliphatic heterocycles. The average molecular weight is 329 g/mol. The molecule has 2 aliphatic rings. The molecule has 0 spiro atoms. The summed E-state index contributed by atoms with van der Waals surface area (Å²) in [4.78, 5) is 21.3. The first kappa shape index (κ1) is 15.1. The van der Waals surface area contributed by atoms with E-state index >= 15 is 0 Å². The SMILES string of the molecule is CC(=O)N1CCC[C@@H]1[C@@H]1CCCN1Cc1nc2ccccc2s1. The van der Waals surface area contributed by atoms with Gasteiger partial charge in [0.2, 0.25) is 5.91 Å². The van der Waals surface area contributed by atoms with Gasteiger partial charge in [-0.15, -0.1) is 11.3 Å². The van der Waals surface area contributed by atoms with Crippen LogP contribution in [0.1, 0.15) is 37.6 Å². The van der Waals surface area contributed by atoms with Gasteiger partial charge in [-0.1, -0.05) is 12.1 Å². The maximum Gasteiger partial charge on any atom is 0.219 e. The molecular weight excluding hydrogens is 306 g/mol. The van der Waals surface area contributed by atoms with Gasteiger partial charge in [0.05, 0.1) is 16.8 Å². The maximum atomic E-state index is 11.9. The van der Waals surface area contributed by atoms with Crippen LogP contribution in [0.15, 0.2) is 24.3 Å². The molecule has 2 atom stereocenters. The van der Waals surface area contributed by atoms with E-state index < -0.39 is 0 Å². The zero-order valence-electron chi connectivity index (χ0n) is 13.6. The van der Waals surface area contributed by atoms with Gasteiger partial charge in [0.25, 0.3) is 0 Å². The number of likely N-dealkylation sites (tertiary alicyclic amines) is 2. The van der Waals surface area contributed by atoms with E-state index in [0.717, 1.165) is 38.0 Å². The Morgan fingerprint density at radius 3 is 2.83 bits per heavy atom. The van der Waals surface area contributed by atoms with Crippen molar-refractivity contribution in [1.82, 2.24) is 14.8 Å². The molecule has 0 aliphatic carbocycles. The number of aromatic nitrogens is 1. The fraction of sp³-hybridized carbons (Fsp3) is 0.556. The Kier molecular flexibility index (Phi) is 4.07. The molecule has 0 saturated carbocycles. The molecule has 5 heteroatoms. The van der Waals surface area contributed by atoms with Crippen molar-refractivity contribution in [3.8, 4) is 0 Å². The minimum absolute atomic E-state index is 0.235. The maximum absolute atomic E-state index is 11.9. The summed E-state index contributed by atoms with van der Waals surface area (Å²) in [5.41, 5.74) is 1.11. The highest BCUT2D eigenvalue weighted by Gasteiger charge is 2.38. The predicted octanol–water partition coefficient (Wildman–Crippen LogP) is 3.27. The van der Waals surface area contributed by atoms with E-state index in [1.54, 1.807) is 18.3 Å². The number of carbonyl (C=O) groups is 1. The van der Waals surface area contributed by atoms with Crippen LogP contribution in [0, 0.1) is 0 Å². The lowest BCUT2D eigenvalue weighted by Gasteiger charge is -2.34. The molecule has 0 radical (unpaired) electrons. The average Bonchev–Trinajstić information content (AvgIpc) is 3.25. The van der Waals surface area contributed by atoms with Crippen LogP contribution in [0.5, 0.6) is 0 Å². The molecule has 2 aromatic rings. The van der Waals surface area contributed by atoms with Crippen LogP contribution < -0.4 is 0 Å². The molecule has 23 heavy (non-hydrogen) atoms. The summed E-state index contributed by atoms with van der Waals surface area (Å²) >= 11 is 1.80.